The van der Waals surface area contributed by atoms with Crippen LogP contribution in [0.1, 0.15) is 42.8 Å². The number of rotatable bonds is 5. The van der Waals surface area contributed by atoms with Crippen LogP contribution in [0.15, 0.2) is 42.5 Å². The lowest BCUT2D eigenvalue weighted by molar-refractivity contribution is -0.137. The third-order valence-electron chi connectivity index (χ3n) is 4.60. The lowest BCUT2D eigenvalue weighted by Crippen LogP contribution is -2.51. The van der Waals surface area contributed by atoms with E-state index in [4.69, 9.17) is 14.2 Å². The molecule has 2 atom stereocenters. The van der Waals surface area contributed by atoms with Crippen LogP contribution in [0.2, 0.25) is 0 Å². The number of hydrogen-bond acceptors (Lipinski definition) is 5. The van der Waals surface area contributed by atoms with Crippen LogP contribution in [0.3, 0.4) is 0 Å². The van der Waals surface area contributed by atoms with Crippen molar-refractivity contribution in [3.63, 3.8) is 0 Å². The Morgan fingerprint density at radius 1 is 1.22 bits per heavy atom. The van der Waals surface area contributed by atoms with Crippen LogP contribution in [-0.2, 0) is 9.47 Å². The molecule has 0 saturated heterocycles. The van der Waals surface area contributed by atoms with E-state index >= 15 is 0 Å². The first kappa shape index (κ1) is 19.2. The molecule has 1 aliphatic heterocycles. The van der Waals surface area contributed by atoms with Gasteiger partial charge in [-0.3, -0.25) is 0 Å². The molecule has 27 heavy (non-hydrogen) atoms. The van der Waals surface area contributed by atoms with Gasteiger partial charge in [0.1, 0.15) is 23.3 Å². The number of fused-ring (bicyclic) bond motifs is 1. The van der Waals surface area contributed by atoms with Crippen LogP contribution >= 0.6 is 0 Å². The molecule has 1 aliphatic rings. The SMILES string of the molecule is CCOC1c2cc(NC)ccc2OC(C)(C)C1OC(=O)c1ccc(F)cc1. The van der Waals surface area contributed by atoms with Gasteiger partial charge < -0.3 is 19.5 Å². The Kier molecular flexibility index (Phi) is 5.37. The Balaban J connectivity index is 1.95. The minimum absolute atomic E-state index is 0.275. The van der Waals surface area contributed by atoms with E-state index in [-0.39, 0.29) is 5.56 Å². The first-order valence-electron chi connectivity index (χ1n) is 8.94. The molecule has 3 rings (SSSR count). The Morgan fingerprint density at radius 3 is 2.56 bits per heavy atom. The van der Waals surface area contributed by atoms with E-state index in [1.54, 1.807) is 0 Å². The second-order valence-corrected chi connectivity index (χ2v) is 6.92. The van der Waals surface area contributed by atoms with Crippen molar-refractivity contribution >= 4 is 11.7 Å². The predicted molar refractivity (Wildman–Crippen MR) is 101 cm³/mol. The van der Waals surface area contributed by atoms with Gasteiger partial charge in [-0.25, -0.2) is 9.18 Å². The Hall–Kier alpha value is -2.60. The minimum Gasteiger partial charge on any atom is -0.483 e. The van der Waals surface area contributed by atoms with E-state index in [2.05, 4.69) is 5.32 Å². The lowest BCUT2D eigenvalue weighted by atomic mass is 9.87. The van der Waals surface area contributed by atoms with E-state index in [0.29, 0.717) is 12.4 Å². The summed E-state index contributed by atoms with van der Waals surface area (Å²) in [5.41, 5.74) is 1.20. The second kappa shape index (κ2) is 7.56. The number of carbonyl (C=O) groups is 1. The fraction of sp³-hybridized carbons (Fsp3) is 0.381. The van der Waals surface area contributed by atoms with Gasteiger partial charge in [0.05, 0.1) is 5.56 Å². The smallest absolute Gasteiger partial charge is 0.338 e. The van der Waals surface area contributed by atoms with Crippen molar-refractivity contribution in [3.8, 4) is 5.75 Å². The molecule has 5 nitrogen and oxygen atoms in total. The number of hydrogen-bond donors (Lipinski definition) is 1. The first-order valence-corrected chi connectivity index (χ1v) is 8.94. The van der Waals surface area contributed by atoms with Crippen LogP contribution in [0.5, 0.6) is 5.75 Å². The third kappa shape index (κ3) is 3.90. The quantitative estimate of drug-likeness (QED) is 0.790. The molecule has 0 bridgehead atoms. The highest BCUT2D eigenvalue weighted by Crippen LogP contribution is 2.44. The molecule has 0 fully saturated rings. The maximum atomic E-state index is 13.1. The van der Waals surface area contributed by atoms with E-state index in [1.807, 2.05) is 46.0 Å². The highest BCUT2D eigenvalue weighted by Gasteiger charge is 2.47. The van der Waals surface area contributed by atoms with Crippen molar-refractivity contribution in [1.82, 2.24) is 0 Å². The Morgan fingerprint density at radius 2 is 1.93 bits per heavy atom. The number of esters is 1. The lowest BCUT2D eigenvalue weighted by Gasteiger charge is -2.43. The molecule has 0 radical (unpaired) electrons. The van der Waals surface area contributed by atoms with Crippen molar-refractivity contribution in [1.29, 1.82) is 0 Å². The molecule has 6 heteroatoms. The molecule has 0 aliphatic carbocycles. The fourth-order valence-corrected chi connectivity index (χ4v) is 3.22. The van der Waals surface area contributed by atoms with E-state index in [1.165, 1.54) is 24.3 Å². The van der Waals surface area contributed by atoms with E-state index in [0.717, 1.165) is 11.3 Å². The van der Waals surface area contributed by atoms with Crippen LogP contribution in [0.25, 0.3) is 0 Å². The zero-order valence-corrected chi connectivity index (χ0v) is 15.9. The van der Waals surface area contributed by atoms with Crippen LogP contribution < -0.4 is 10.1 Å². The van der Waals surface area contributed by atoms with Crippen molar-refractivity contribution in [2.75, 3.05) is 19.0 Å². The monoisotopic (exact) mass is 373 g/mol. The number of nitrogens with one attached hydrogen (secondary N) is 1. The minimum atomic E-state index is -0.802. The van der Waals surface area contributed by atoms with Crippen LogP contribution in [0, 0.1) is 5.82 Å². The largest absolute Gasteiger partial charge is 0.483 e. The van der Waals surface area contributed by atoms with Gasteiger partial charge in [0.25, 0.3) is 0 Å². The summed E-state index contributed by atoms with van der Waals surface area (Å²) in [4.78, 5) is 12.6. The first-order chi connectivity index (χ1) is 12.9. The van der Waals surface area contributed by atoms with Crippen LogP contribution in [-0.4, -0.2) is 31.3 Å². The summed E-state index contributed by atoms with van der Waals surface area (Å²) in [6, 6.07) is 11.0. The van der Waals surface area contributed by atoms with Gasteiger partial charge in [0.2, 0.25) is 0 Å². The van der Waals surface area contributed by atoms with Gasteiger partial charge in [-0.2, -0.15) is 0 Å². The molecule has 144 valence electrons. The molecular weight excluding hydrogens is 349 g/mol. The summed E-state index contributed by atoms with van der Waals surface area (Å²) >= 11 is 0. The zero-order chi connectivity index (χ0) is 19.6. The number of anilines is 1. The second-order valence-electron chi connectivity index (χ2n) is 6.92. The van der Waals surface area contributed by atoms with Gasteiger partial charge in [-0.15, -0.1) is 0 Å². The molecule has 0 aromatic heterocycles. The average molecular weight is 373 g/mol. The number of carbonyl (C=O) groups excluding carboxylic acids is 1. The molecule has 0 saturated carbocycles. The summed E-state index contributed by atoms with van der Waals surface area (Å²) in [6.07, 6.45) is -1.15. The van der Waals surface area contributed by atoms with Crippen molar-refractivity contribution in [3.05, 3.63) is 59.4 Å². The topological polar surface area (TPSA) is 56.8 Å². The summed E-state index contributed by atoms with van der Waals surface area (Å²) in [7, 11) is 1.83. The summed E-state index contributed by atoms with van der Waals surface area (Å²) in [5, 5.41) is 3.09. The van der Waals surface area contributed by atoms with Gasteiger partial charge in [-0.1, -0.05) is 0 Å². The normalized spacial score (nSPS) is 20.3. The number of ether oxygens (including phenoxy) is 3. The molecule has 0 amide bonds. The number of benzene rings is 2. The zero-order valence-electron chi connectivity index (χ0n) is 15.9. The standard InChI is InChI=1S/C21H24FNO4/c1-5-25-18-16-12-15(23-4)10-11-17(16)27-21(2,3)19(18)26-20(24)13-6-8-14(22)9-7-13/h6-12,18-19,23H,5H2,1-4H3. The molecule has 1 N–H and O–H groups in total. The molecule has 2 unspecified atom stereocenters. The molecular formula is C21H24FNO4. The average Bonchev–Trinajstić information content (AvgIpc) is 2.64. The molecule has 1 heterocycles. The van der Waals surface area contributed by atoms with Crippen molar-refractivity contribution < 1.29 is 23.4 Å². The summed E-state index contributed by atoms with van der Waals surface area (Å²) in [6.45, 7) is 6.06. The van der Waals surface area contributed by atoms with Crippen LogP contribution in [0.4, 0.5) is 10.1 Å². The third-order valence-corrected chi connectivity index (χ3v) is 4.60. The van der Waals surface area contributed by atoms with Gasteiger partial charge in [0, 0.05) is 24.9 Å². The van der Waals surface area contributed by atoms with Gasteiger partial charge in [0.15, 0.2) is 6.10 Å². The Labute approximate surface area is 158 Å². The van der Waals surface area contributed by atoms with E-state index in [9.17, 15) is 9.18 Å². The molecule has 0 spiro atoms. The highest BCUT2D eigenvalue weighted by atomic mass is 19.1. The highest BCUT2D eigenvalue weighted by molar-refractivity contribution is 5.89. The summed E-state index contributed by atoms with van der Waals surface area (Å²) in [5.74, 6) is -0.255. The predicted octanol–water partition coefficient (Wildman–Crippen LogP) is 4.34. The van der Waals surface area contributed by atoms with Crippen molar-refractivity contribution in [2.45, 2.75) is 38.6 Å². The summed E-state index contributed by atoms with van der Waals surface area (Å²) < 4.78 is 31.0. The van der Waals surface area contributed by atoms with Crippen molar-refractivity contribution in [2.24, 2.45) is 0 Å². The maximum absolute atomic E-state index is 13.1. The molecule has 2 aromatic rings. The Bertz CT molecular complexity index is 819. The maximum Gasteiger partial charge on any atom is 0.338 e. The number of halogens is 1. The van der Waals surface area contributed by atoms with Gasteiger partial charge in [-0.05, 0) is 63.2 Å². The van der Waals surface area contributed by atoms with E-state index < -0.39 is 29.6 Å². The van der Waals surface area contributed by atoms with Gasteiger partial charge >= 0.3 is 5.97 Å². The molecule has 2 aromatic carbocycles. The fourth-order valence-electron chi connectivity index (χ4n) is 3.22.